The van der Waals surface area contributed by atoms with Crippen LogP contribution < -0.4 is 5.73 Å². The lowest BCUT2D eigenvalue weighted by Gasteiger charge is -2.30. The molecule has 1 amide bonds. The second-order valence-corrected chi connectivity index (χ2v) is 7.43. The number of carbonyl (C=O) groups excluding carboxylic acids is 2. The number of nitrogens with zero attached hydrogens (tertiary/aromatic N) is 2. The third-order valence-electron chi connectivity index (χ3n) is 3.87. The number of sulfonamides is 1. The highest BCUT2D eigenvalue weighted by Crippen LogP contribution is 2.25. The molecule has 0 spiro atoms. The Balaban J connectivity index is 2.23. The Bertz CT molecular complexity index is 710. The van der Waals surface area contributed by atoms with Crippen molar-refractivity contribution in [1.82, 2.24) is 8.87 Å². The summed E-state index contributed by atoms with van der Waals surface area (Å²) >= 11 is 0. The molecule has 1 aromatic rings. The van der Waals surface area contributed by atoms with Gasteiger partial charge < -0.3 is 15.0 Å². The Labute approximate surface area is 135 Å². The van der Waals surface area contributed by atoms with Crippen LogP contribution >= 0.6 is 0 Å². The predicted octanol–water partition coefficient (Wildman–Crippen LogP) is 0.0878. The van der Waals surface area contributed by atoms with Gasteiger partial charge in [-0.05, 0) is 25.8 Å². The van der Waals surface area contributed by atoms with Gasteiger partial charge >= 0.3 is 5.97 Å². The van der Waals surface area contributed by atoms with E-state index in [2.05, 4.69) is 0 Å². The minimum absolute atomic E-state index is 0.00157. The summed E-state index contributed by atoms with van der Waals surface area (Å²) < 4.78 is 33.0. The highest BCUT2D eigenvalue weighted by atomic mass is 32.2. The lowest BCUT2D eigenvalue weighted by molar-refractivity contribution is -0.149. The van der Waals surface area contributed by atoms with Crippen LogP contribution in [0.15, 0.2) is 17.2 Å². The Morgan fingerprint density at radius 3 is 2.70 bits per heavy atom. The van der Waals surface area contributed by atoms with E-state index in [0.29, 0.717) is 19.4 Å². The number of primary amides is 1. The van der Waals surface area contributed by atoms with Crippen molar-refractivity contribution in [1.29, 1.82) is 0 Å². The van der Waals surface area contributed by atoms with Crippen LogP contribution in [0.3, 0.4) is 0 Å². The molecule has 2 rings (SSSR count). The van der Waals surface area contributed by atoms with Crippen molar-refractivity contribution in [3.8, 4) is 0 Å². The molecule has 0 saturated carbocycles. The number of nitrogens with two attached hydrogens (primary N) is 1. The third-order valence-corrected chi connectivity index (χ3v) is 5.70. The number of carbonyl (C=O) groups is 2. The van der Waals surface area contributed by atoms with E-state index < -0.39 is 21.8 Å². The van der Waals surface area contributed by atoms with Crippen molar-refractivity contribution in [2.45, 2.75) is 24.7 Å². The van der Waals surface area contributed by atoms with E-state index in [0.717, 1.165) is 0 Å². The van der Waals surface area contributed by atoms with Gasteiger partial charge in [-0.25, -0.2) is 8.42 Å². The first-order valence-corrected chi connectivity index (χ1v) is 8.84. The van der Waals surface area contributed by atoms with E-state index in [1.54, 1.807) is 14.0 Å². The summed E-state index contributed by atoms with van der Waals surface area (Å²) in [6.07, 6.45) is 2.54. The molecule has 1 atom stereocenters. The predicted molar refractivity (Wildman–Crippen MR) is 82.0 cm³/mol. The summed E-state index contributed by atoms with van der Waals surface area (Å²) in [4.78, 5) is 23.1. The SMILES string of the molecule is CCOC(=O)[C@@H]1CCCN(S(=O)(=O)c2cc(C(N)=O)n(C)c2)C1. The van der Waals surface area contributed by atoms with Crippen LogP contribution in [-0.4, -0.2) is 48.9 Å². The molecule has 9 heteroatoms. The summed E-state index contributed by atoms with van der Waals surface area (Å²) in [5, 5.41) is 0. The molecule has 0 aliphatic carbocycles. The molecule has 0 radical (unpaired) electrons. The number of ether oxygens (including phenoxy) is 1. The molecule has 1 saturated heterocycles. The zero-order valence-corrected chi connectivity index (χ0v) is 14.0. The molecule has 1 aliphatic rings. The summed E-state index contributed by atoms with van der Waals surface area (Å²) in [7, 11) is -2.23. The van der Waals surface area contributed by atoms with Crippen molar-refractivity contribution in [2.24, 2.45) is 18.7 Å². The standard InChI is InChI=1S/C14H21N3O5S/c1-3-22-14(19)10-5-4-6-17(8-10)23(20,21)11-7-12(13(15)18)16(2)9-11/h7,9-10H,3-6,8H2,1-2H3,(H2,15,18)/t10-/m1/s1. The molecular formula is C14H21N3O5S. The minimum Gasteiger partial charge on any atom is -0.466 e. The molecule has 2 heterocycles. The monoisotopic (exact) mass is 343 g/mol. The zero-order valence-electron chi connectivity index (χ0n) is 13.2. The zero-order chi connectivity index (χ0) is 17.2. The highest BCUT2D eigenvalue weighted by molar-refractivity contribution is 7.89. The minimum atomic E-state index is -3.78. The van der Waals surface area contributed by atoms with Gasteiger partial charge in [0.05, 0.1) is 12.5 Å². The van der Waals surface area contributed by atoms with E-state index in [4.69, 9.17) is 10.5 Å². The number of hydrogen-bond donors (Lipinski definition) is 1. The van der Waals surface area contributed by atoms with E-state index in [1.807, 2.05) is 0 Å². The first-order chi connectivity index (χ1) is 10.8. The largest absolute Gasteiger partial charge is 0.466 e. The maximum Gasteiger partial charge on any atom is 0.310 e. The molecule has 2 N–H and O–H groups in total. The first kappa shape index (κ1) is 17.5. The van der Waals surface area contributed by atoms with Crippen molar-refractivity contribution in [3.63, 3.8) is 0 Å². The number of esters is 1. The van der Waals surface area contributed by atoms with Crippen LogP contribution in [-0.2, 0) is 26.6 Å². The molecule has 23 heavy (non-hydrogen) atoms. The normalized spacial score (nSPS) is 19.5. The third kappa shape index (κ3) is 3.56. The smallest absolute Gasteiger partial charge is 0.310 e. The fourth-order valence-corrected chi connectivity index (χ4v) is 4.28. The van der Waals surface area contributed by atoms with Crippen molar-refractivity contribution in [2.75, 3.05) is 19.7 Å². The number of rotatable bonds is 5. The number of piperidine rings is 1. The van der Waals surface area contributed by atoms with Gasteiger partial charge in [0.1, 0.15) is 10.6 Å². The van der Waals surface area contributed by atoms with E-state index >= 15 is 0 Å². The van der Waals surface area contributed by atoms with Gasteiger partial charge in [0, 0.05) is 26.3 Å². The van der Waals surface area contributed by atoms with Gasteiger partial charge in [-0.15, -0.1) is 0 Å². The van der Waals surface area contributed by atoms with Crippen LogP contribution in [0.4, 0.5) is 0 Å². The number of aryl methyl sites for hydroxylation is 1. The van der Waals surface area contributed by atoms with Crippen LogP contribution in [0.5, 0.6) is 0 Å². The summed E-state index contributed by atoms with van der Waals surface area (Å²) in [6, 6.07) is 1.26. The van der Waals surface area contributed by atoms with E-state index in [9.17, 15) is 18.0 Å². The van der Waals surface area contributed by atoms with E-state index in [-0.39, 0.29) is 29.7 Å². The fourth-order valence-electron chi connectivity index (χ4n) is 2.68. The molecule has 0 bridgehead atoms. The molecule has 128 valence electrons. The summed E-state index contributed by atoms with van der Waals surface area (Å²) in [5.74, 6) is -1.53. The maximum atomic E-state index is 12.7. The van der Waals surface area contributed by atoms with Crippen LogP contribution in [0.2, 0.25) is 0 Å². The lowest BCUT2D eigenvalue weighted by Crippen LogP contribution is -2.42. The van der Waals surface area contributed by atoms with Crippen molar-refractivity contribution >= 4 is 21.9 Å². The number of amides is 1. The molecule has 1 fully saturated rings. The molecule has 8 nitrogen and oxygen atoms in total. The Morgan fingerprint density at radius 1 is 1.43 bits per heavy atom. The van der Waals surface area contributed by atoms with E-state index in [1.165, 1.54) is 21.1 Å². The summed E-state index contributed by atoms with van der Waals surface area (Å²) in [5.41, 5.74) is 5.33. The fraction of sp³-hybridized carbons (Fsp3) is 0.571. The topological polar surface area (TPSA) is 112 Å². The quantitative estimate of drug-likeness (QED) is 0.762. The first-order valence-electron chi connectivity index (χ1n) is 7.40. The number of hydrogen-bond acceptors (Lipinski definition) is 5. The second-order valence-electron chi connectivity index (χ2n) is 5.49. The second kappa shape index (κ2) is 6.71. The molecule has 0 aromatic carbocycles. The summed E-state index contributed by atoms with van der Waals surface area (Å²) in [6.45, 7) is 2.40. The molecule has 0 unspecified atom stereocenters. The van der Waals surface area contributed by atoms with Crippen LogP contribution in [0, 0.1) is 5.92 Å². The van der Waals surface area contributed by atoms with Gasteiger partial charge in [0.15, 0.2) is 0 Å². The van der Waals surface area contributed by atoms with Crippen LogP contribution in [0.25, 0.3) is 0 Å². The Hall–Kier alpha value is -1.87. The average Bonchev–Trinajstić information content (AvgIpc) is 2.90. The Kier molecular flexibility index (Phi) is 5.10. The molecular weight excluding hydrogens is 322 g/mol. The lowest BCUT2D eigenvalue weighted by atomic mass is 10.0. The van der Waals surface area contributed by atoms with Gasteiger partial charge in [-0.2, -0.15) is 4.31 Å². The highest BCUT2D eigenvalue weighted by Gasteiger charge is 2.34. The van der Waals surface area contributed by atoms with Gasteiger partial charge in [0.25, 0.3) is 5.91 Å². The number of aromatic nitrogens is 1. The van der Waals surface area contributed by atoms with Gasteiger partial charge in [0.2, 0.25) is 10.0 Å². The van der Waals surface area contributed by atoms with Gasteiger partial charge in [-0.3, -0.25) is 9.59 Å². The Morgan fingerprint density at radius 2 is 2.13 bits per heavy atom. The van der Waals surface area contributed by atoms with Crippen molar-refractivity contribution in [3.05, 3.63) is 18.0 Å². The maximum absolute atomic E-state index is 12.7. The average molecular weight is 343 g/mol. The molecule has 1 aliphatic heterocycles. The van der Waals surface area contributed by atoms with Crippen LogP contribution in [0.1, 0.15) is 30.3 Å². The van der Waals surface area contributed by atoms with Crippen molar-refractivity contribution < 1.29 is 22.7 Å². The molecule has 1 aromatic heterocycles. The van der Waals surface area contributed by atoms with Gasteiger partial charge in [-0.1, -0.05) is 0 Å².